The molecular formula is C12H16BrNO. The van der Waals surface area contributed by atoms with Crippen molar-refractivity contribution >= 4 is 15.9 Å². The number of rotatable bonds is 2. The van der Waals surface area contributed by atoms with E-state index < -0.39 is 0 Å². The Morgan fingerprint density at radius 1 is 1.27 bits per heavy atom. The quantitative estimate of drug-likeness (QED) is 0.765. The molecule has 0 N–H and O–H groups in total. The summed E-state index contributed by atoms with van der Waals surface area (Å²) in [7, 11) is 1.81. The van der Waals surface area contributed by atoms with Gasteiger partial charge in [0.15, 0.2) is 0 Å². The van der Waals surface area contributed by atoms with Crippen LogP contribution < -0.4 is 0 Å². The Morgan fingerprint density at radius 2 is 2.00 bits per heavy atom. The Balaban J connectivity index is 2.28. The molecule has 0 unspecified atom stereocenters. The molecule has 0 aliphatic heterocycles. The van der Waals surface area contributed by atoms with Crippen molar-refractivity contribution in [2.24, 2.45) is 0 Å². The number of hydrogen-bond acceptors (Lipinski definition) is 2. The Morgan fingerprint density at radius 3 is 2.53 bits per heavy atom. The molecule has 3 heteroatoms. The SMILES string of the molecule is COC1(c2ccc(Br)nc2)CCCCC1. The molecule has 2 nitrogen and oxygen atoms in total. The second kappa shape index (κ2) is 4.62. The molecule has 82 valence electrons. The maximum absolute atomic E-state index is 5.75. The summed E-state index contributed by atoms with van der Waals surface area (Å²) in [6, 6.07) is 4.11. The highest BCUT2D eigenvalue weighted by Crippen LogP contribution is 2.39. The van der Waals surface area contributed by atoms with E-state index in [0.29, 0.717) is 0 Å². The van der Waals surface area contributed by atoms with Gasteiger partial charge >= 0.3 is 0 Å². The summed E-state index contributed by atoms with van der Waals surface area (Å²) in [6.45, 7) is 0. The highest BCUT2D eigenvalue weighted by molar-refractivity contribution is 9.10. The van der Waals surface area contributed by atoms with Crippen LogP contribution >= 0.6 is 15.9 Å². The van der Waals surface area contributed by atoms with Gasteiger partial charge in [-0.1, -0.05) is 25.3 Å². The second-order valence-electron chi connectivity index (χ2n) is 4.13. The number of methoxy groups -OCH3 is 1. The van der Waals surface area contributed by atoms with Crippen LogP contribution in [-0.2, 0) is 10.3 Å². The summed E-state index contributed by atoms with van der Waals surface area (Å²) in [6.07, 6.45) is 8.00. The molecule has 0 atom stereocenters. The van der Waals surface area contributed by atoms with Gasteiger partial charge in [-0.25, -0.2) is 4.98 Å². The Kier molecular flexibility index (Phi) is 3.42. The van der Waals surface area contributed by atoms with E-state index in [1.54, 1.807) is 0 Å². The van der Waals surface area contributed by atoms with Gasteiger partial charge in [0.05, 0.1) is 5.60 Å². The first-order chi connectivity index (χ1) is 7.27. The van der Waals surface area contributed by atoms with E-state index in [1.807, 2.05) is 19.4 Å². The highest BCUT2D eigenvalue weighted by atomic mass is 79.9. The molecule has 1 aromatic heterocycles. The predicted molar refractivity (Wildman–Crippen MR) is 63.7 cm³/mol. The number of pyridine rings is 1. The predicted octanol–water partition coefficient (Wildman–Crippen LogP) is 3.65. The minimum atomic E-state index is -0.0774. The third kappa shape index (κ3) is 2.23. The molecular weight excluding hydrogens is 254 g/mol. The molecule has 0 saturated heterocycles. The van der Waals surface area contributed by atoms with Crippen LogP contribution in [0.3, 0.4) is 0 Å². The zero-order chi connectivity index (χ0) is 10.7. The van der Waals surface area contributed by atoms with Crippen molar-refractivity contribution in [2.45, 2.75) is 37.7 Å². The fourth-order valence-electron chi connectivity index (χ4n) is 2.38. The minimum Gasteiger partial charge on any atom is -0.373 e. The number of aromatic nitrogens is 1. The summed E-state index contributed by atoms with van der Waals surface area (Å²) < 4.78 is 6.63. The van der Waals surface area contributed by atoms with Gasteiger partial charge in [0.2, 0.25) is 0 Å². The lowest BCUT2D eigenvalue weighted by atomic mass is 9.80. The van der Waals surface area contributed by atoms with Crippen molar-refractivity contribution in [1.29, 1.82) is 0 Å². The van der Waals surface area contributed by atoms with Crippen molar-refractivity contribution in [3.8, 4) is 0 Å². The summed E-state index contributed by atoms with van der Waals surface area (Å²) in [4.78, 5) is 4.28. The fraction of sp³-hybridized carbons (Fsp3) is 0.583. The van der Waals surface area contributed by atoms with Gasteiger partial charge in [0, 0.05) is 18.9 Å². The Bertz CT molecular complexity index is 317. The summed E-state index contributed by atoms with van der Waals surface area (Å²) in [5, 5.41) is 0. The number of halogens is 1. The van der Waals surface area contributed by atoms with E-state index in [4.69, 9.17) is 4.74 Å². The molecule has 1 heterocycles. The second-order valence-corrected chi connectivity index (χ2v) is 4.94. The van der Waals surface area contributed by atoms with E-state index in [1.165, 1.54) is 24.8 Å². The first-order valence-electron chi connectivity index (χ1n) is 5.44. The monoisotopic (exact) mass is 269 g/mol. The summed E-state index contributed by atoms with van der Waals surface area (Å²) in [5.74, 6) is 0. The molecule has 0 spiro atoms. The van der Waals surface area contributed by atoms with Crippen molar-refractivity contribution in [3.63, 3.8) is 0 Å². The summed E-state index contributed by atoms with van der Waals surface area (Å²) in [5.41, 5.74) is 1.14. The van der Waals surface area contributed by atoms with Gasteiger partial charge in [-0.2, -0.15) is 0 Å². The van der Waals surface area contributed by atoms with Gasteiger partial charge < -0.3 is 4.74 Å². The van der Waals surface area contributed by atoms with Crippen LogP contribution in [0.2, 0.25) is 0 Å². The van der Waals surface area contributed by atoms with Gasteiger partial charge in [0.1, 0.15) is 4.60 Å². The van der Waals surface area contributed by atoms with Crippen molar-refractivity contribution in [1.82, 2.24) is 4.98 Å². The van der Waals surface area contributed by atoms with Crippen molar-refractivity contribution in [2.75, 3.05) is 7.11 Å². The molecule has 1 aromatic rings. The van der Waals surface area contributed by atoms with Crippen molar-refractivity contribution in [3.05, 3.63) is 28.5 Å². The molecule has 15 heavy (non-hydrogen) atoms. The van der Waals surface area contributed by atoms with E-state index in [9.17, 15) is 0 Å². The molecule has 1 fully saturated rings. The average molecular weight is 270 g/mol. The normalized spacial score (nSPS) is 20.1. The van der Waals surface area contributed by atoms with Gasteiger partial charge in [-0.15, -0.1) is 0 Å². The van der Waals surface area contributed by atoms with E-state index >= 15 is 0 Å². The molecule has 0 radical (unpaired) electrons. The Labute approximate surface area is 99.2 Å². The first-order valence-corrected chi connectivity index (χ1v) is 6.23. The fourth-order valence-corrected chi connectivity index (χ4v) is 2.61. The van der Waals surface area contributed by atoms with Crippen LogP contribution in [0.1, 0.15) is 37.7 Å². The lowest BCUT2D eigenvalue weighted by molar-refractivity contribution is -0.0447. The maximum Gasteiger partial charge on any atom is 0.106 e. The van der Waals surface area contributed by atoms with Crippen LogP contribution in [0.4, 0.5) is 0 Å². The van der Waals surface area contributed by atoms with Crippen LogP contribution in [0, 0.1) is 0 Å². The molecule has 1 aliphatic carbocycles. The van der Waals surface area contributed by atoms with Crippen molar-refractivity contribution < 1.29 is 4.74 Å². The Hall–Kier alpha value is -0.410. The highest BCUT2D eigenvalue weighted by Gasteiger charge is 2.33. The molecule has 1 saturated carbocycles. The van der Waals surface area contributed by atoms with Crippen LogP contribution in [0.5, 0.6) is 0 Å². The lowest BCUT2D eigenvalue weighted by Crippen LogP contribution is -2.31. The first kappa shape index (κ1) is 11.1. The van der Waals surface area contributed by atoms with E-state index in [0.717, 1.165) is 17.4 Å². The third-order valence-electron chi connectivity index (χ3n) is 3.31. The largest absolute Gasteiger partial charge is 0.373 e. The third-order valence-corrected chi connectivity index (χ3v) is 3.77. The number of nitrogens with zero attached hydrogens (tertiary/aromatic N) is 1. The van der Waals surface area contributed by atoms with Gasteiger partial charge in [-0.3, -0.25) is 0 Å². The summed E-state index contributed by atoms with van der Waals surface area (Å²) >= 11 is 3.36. The average Bonchev–Trinajstić information content (AvgIpc) is 2.31. The molecule has 1 aliphatic rings. The van der Waals surface area contributed by atoms with E-state index in [-0.39, 0.29) is 5.60 Å². The van der Waals surface area contributed by atoms with E-state index in [2.05, 4.69) is 27.0 Å². The maximum atomic E-state index is 5.75. The standard InChI is InChI=1S/C12H16BrNO/c1-15-12(7-3-2-4-8-12)10-5-6-11(13)14-9-10/h5-6,9H,2-4,7-8H2,1H3. The topological polar surface area (TPSA) is 22.1 Å². The van der Waals surface area contributed by atoms with Crippen LogP contribution in [0.15, 0.2) is 22.9 Å². The smallest absolute Gasteiger partial charge is 0.106 e. The molecule has 0 amide bonds. The zero-order valence-electron chi connectivity index (χ0n) is 9.00. The van der Waals surface area contributed by atoms with Gasteiger partial charge in [-0.05, 0) is 34.8 Å². The molecule has 0 bridgehead atoms. The van der Waals surface area contributed by atoms with Gasteiger partial charge in [0.25, 0.3) is 0 Å². The number of hydrogen-bond donors (Lipinski definition) is 0. The lowest BCUT2D eigenvalue weighted by Gasteiger charge is -2.36. The van der Waals surface area contributed by atoms with Crippen LogP contribution in [-0.4, -0.2) is 12.1 Å². The molecule has 0 aromatic carbocycles. The minimum absolute atomic E-state index is 0.0774. The zero-order valence-corrected chi connectivity index (χ0v) is 10.6. The number of ether oxygens (including phenoxy) is 1. The molecule has 2 rings (SSSR count). The van der Waals surface area contributed by atoms with Crippen LogP contribution in [0.25, 0.3) is 0 Å².